The van der Waals surface area contributed by atoms with Crippen LogP contribution in [0.15, 0.2) is 48.5 Å². The highest BCUT2D eigenvalue weighted by Gasteiger charge is 2.20. The Morgan fingerprint density at radius 2 is 2.05 bits per heavy atom. The highest BCUT2D eigenvalue weighted by atomic mass is 16.6. The summed E-state index contributed by atoms with van der Waals surface area (Å²) in [6, 6.07) is 11.6. The zero-order valence-electron chi connectivity index (χ0n) is 11.9. The molecule has 0 fully saturated rings. The van der Waals surface area contributed by atoms with Crippen molar-refractivity contribution in [1.29, 1.82) is 0 Å². The molecule has 6 nitrogen and oxygen atoms in total. The quantitative estimate of drug-likeness (QED) is 0.599. The Bertz CT molecular complexity index is 771. The summed E-state index contributed by atoms with van der Waals surface area (Å²) in [7, 11) is 0. The minimum Gasteiger partial charge on any atom is -0.507 e. The van der Waals surface area contributed by atoms with E-state index in [4.69, 9.17) is 0 Å². The van der Waals surface area contributed by atoms with E-state index in [1.807, 2.05) is 31.2 Å². The van der Waals surface area contributed by atoms with Gasteiger partial charge in [0.15, 0.2) is 0 Å². The van der Waals surface area contributed by atoms with Crippen LogP contribution < -0.4 is 10.9 Å². The van der Waals surface area contributed by atoms with Crippen molar-refractivity contribution < 1.29 is 10.0 Å². The Kier molecular flexibility index (Phi) is 3.52. The number of hydrazine groups is 1. The molecule has 0 saturated heterocycles. The summed E-state index contributed by atoms with van der Waals surface area (Å²) in [5.41, 5.74) is 9.39. The SMILES string of the molecule is Cc1ccc(O)c(C2=C[C@@H](c3cccc([N+](=O)[O-])c3)NN2)c1. The first-order chi connectivity index (χ1) is 10.5. The number of aromatic hydroxyl groups is 1. The van der Waals surface area contributed by atoms with Crippen LogP contribution in [-0.4, -0.2) is 10.0 Å². The zero-order chi connectivity index (χ0) is 15.7. The van der Waals surface area contributed by atoms with Crippen LogP contribution in [0.5, 0.6) is 5.75 Å². The van der Waals surface area contributed by atoms with E-state index in [1.54, 1.807) is 12.1 Å². The number of phenols is 1. The van der Waals surface area contributed by atoms with Crippen LogP contribution in [0.4, 0.5) is 5.69 Å². The first kappa shape index (κ1) is 14.1. The fourth-order valence-corrected chi connectivity index (χ4v) is 2.44. The van der Waals surface area contributed by atoms with Crippen molar-refractivity contribution in [3.63, 3.8) is 0 Å². The van der Waals surface area contributed by atoms with Gasteiger partial charge in [-0.05, 0) is 30.7 Å². The largest absolute Gasteiger partial charge is 0.507 e. The van der Waals surface area contributed by atoms with E-state index in [-0.39, 0.29) is 17.5 Å². The highest BCUT2D eigenvalue weighted by Crippen LogP contribution is 2.30. The molecule has 0 spiro atoms. The van der Waals surface area contributed by atoms with Crippen molar-refractivity contribution in [2.75, 3.05) is 0 Å². The van der Waals surface area contributed by atoms with Gasteiger partial charge in [0, 0.05) is 17.7 Å². The van der Waals surface area contributed by atoms with Gasteiger partial charge in [0.1, 0.15) is 5.75 Å². The van der Waals surface area contributed by atoms with Gasteiger partial charge in [-0.1, -0.05) is 23.8 Å². The molecule has 3 rings (SSSR count). The topological polar surface area (TPSA) is 87.4 Å². The van der Waals surface area contributed by atoms with Crippen LogP contribution >= 0.6 is 0 Å². The minimum atomic E-state index is -0.414. The number of non-ortho nitro benzene ring substituents is 1. The van der Waals surface area contributed by atoms with Crippen LogP contribution in [0.1, 0.15) is 22.7 Å². The van der Waals surface area contributed by atoms with Crippen molar-refractivity contribution in [1.82, 2.24) is 10.9 Å². The second kappa shape index (κ2) is 5.50. The predicted molar refractivity (Wildman–Crippen MR) is 82.9 cm³/mol. The lowest BCUT2D eigenvalue weighted by Gasteiger charge is -2.09. The molecule has 6 heteroatoms. The lowest BCUT2D eigenvalue weighted by molar-refractivity contribution is -0.384. The van der Waals surface area contributed by atoms with E-state index in [2.05, 4.69) is 10.9 Å². The molecule has 0 bridgehead atoms. The molecular formula is C16H15N3O3. The smallest absolute Gasteiger partial charge is 0.269 e. The first-order valence-corrected chi connectivity index (χ1v) is 6.82. The summed E-state index contributed by atoms with van der Waals surface area (Å²) in [4.78, 5) is 10.4. The van der Waals surface area contributed by atoms with Gasteiger partial charge in [0.25, 0.3) is 5.69 Å². The third-order valence-electron chi connectivity index (χ3n) is 3.58. The second-order valence-corrected chi connectivity index (χ2v) is 5.20. The van der Waals surface area contributed by atoms with Crippen LogP contribution in [0.3, 0.4) is 0 Å². The second-order valence-electron chi connectivity index (χ2n) is 5.20. The maximum atomic E-state index is 10.9. The summed E-state index contributed by atoms with van der Waals surface area (Å²) in [6.45, 7) is 1.95. The molecule has 0 aromatic heterocycles. The number of hydrogen-bond donors (Lipinski definition) is 3. The summed E-state index contributed by atoms with van der Waals surface area (Å²) >= 11 is 0. The molecule has 0 amide bonds. The summed E-state index contributed by atoms with van der Waals surface area (Å²) in [5, 5.41) is 20.8. The number of phenolic OH excluding ortho intramolecular Hbond substituents is 1. The zero-order valence-corrected chi connectivity index (χ0v) is 11.9. The molecule has 3 N–H and O–H groups in total. The molecule has 0 unspecified atom stereocenters. The van der Waals surface area contributed by atoms with Crippen LogP contribution in [0.25, 0.3) is 5.70 Å². The van der Waals surface area contributed by atoms with E-state index >= 15 is 0 Å². The maximum absolute atomic E-state index is 10.9. The molecule has 1 atom stereocenters. The average Bonchev–Trinajstić information content (AvgIpc) is 2.99. The number of aryl methyl sites for hydroxylation is 1. The maximum Gasteiger partial charge on any atom is 0.269 e. The molecule has 0 aliphatic carbocycles. The fourth-order valence-electron chi connectivity index (χ4n) is 2.44. The number of benzene rings is 2. The van der Waals surface area contributed by atoms with Gasteiger partial charge in [0.2, 0.25) is 0 Å². The number of nitrogens with one attached hydrogen (secondary N) is 2. The van der Waals surface area contributed by atoms with Gasteiger partial charge in [-0.3, -0.25) is 10.1 Å². The van der Waals surface area contributed by atoms with Crippen LogP contribution in [-0.2, 0) is 0 Å². The third kappa shape index (κ3) is 2.64. The Balaban J connectivity index is 1.93. The molecule has 0 saturated carbocycles. The Morgan fingerprint density at radius 3 is 2.82 bits per heavy atom. The lowest BCUT2D eigenvalue weighted by Crippen LogP contribution is -2.26. The molecular weight excluding hydrogens is 282 g/mol. The van der Waals surface area contributed by atoms with Gasteiger partial charge in [-0.15, -0.1) is 0 Å². The van der Waals surface area contributed by atoms with E-state index in [9.17, 15) is 15.2 Å². The lowest BCUT2D eigenvalue weighted by atomic mass is 10.0. The van der Waals surface area contributed by atoms with E-state index < -0.39 is 4.92 Å². The number of nitro groups is 1. The van der Waals surface area contributed by atoms with Crippen molar-refractivity contribution in [3.8, 4) is 5.75 Å². The number of nitro benzene ring substituents is 1. The Labute approximate surface area is 127 Å². The minimum absolute atomic E-state index is 0.0551. The molecule has 1 aliphatic rings. The number of rotatable bonds is 3. The highest BCUT2D eigenvalue weighted by molar-refractivity contribution is 5.71. The van der Waals surface area contributed by atoms with Gasteiger partial charge in [0.05, 0.1) is 16.7 Å². The van der Waals surface area contributed by atoms with Crippen molar-refractivity contribution in [2.24, 2.45) is 0 Å². The van der Waals surface area contributed by atoms with Gasteiger partial charge < -0.3 is 10.5 Å². The van der Waals surface area contributed by atoms with Crippen molar-refractivity contribution in [2.45, 2.75) is 13.0 Å². The molecule has 112 valence electrons. The van der Waals surface area contributed by atoms with Crippen molar-refractivity contribution >= 4 is 11.4 Å². The normalized spacial score (nSPS) is 17.0. The van der Waals surface area contributed by atoms with Gasteiger partial charge in [-0.2, -0.15) is 0 Å². The number of nitrogens with zero attached hydrogens (tertiary/aromatic N) is 1. The third-order valence-corrected chi connectivity index (χ3v) is 3.58. The molecule has 2 aromatic carbocycles. The predicted octanol–water partition coefficient (Wildman–Crippen LogP) is 2.80. The van der Waals surface area contributed by atoms with Crippen LogP contribution in [0.2, 0.25) is 0 Å². The molecule has 1 aliphatic heterocycles. The standard InChI is InChI=1S/C16H15N3O3/c1-10-5-6-16(20)13(7-10)15-9-14(17-18-15)11-3-2-4-12(8-11)19(21)22/h2-9,14,17-18,20H,1H3/t14-/m0/s1. The van der Waals surface area contributed by atoms with E-state index in [1.165, 1.54) is 12.1 Å². The van der Waals surface area contributed by atoms with Gasteiger partial charge in [-0.25, -0.2) is 5.43 Å². The monoisotopic (exact) mass is 297 g/mol. The van der Waals surface area contributed by atoms with Crippen LogP contribution in [0, 0.1) is 17.0 Å². The van der Waals surface area contributed by atoms with Gasteiger partial charge >= 0.3 is 0 Å². The molecule has 1 heterocycles. The summed E-state index contributed by atoms with van der Waals surface area (Å²) < 4.78 is 0. The first-order valence-electron chi connectivity index (χ1n) is 6.82. The Hall–Kier alpha value is -2.86. The van der Waals surface area contributed by atoms with E-state index in [0.29, 0.717) is 5.56 Å². The average molecular weight is 297 g/mol. The molecule has 22 heavy (non-hydrogen) atoms. The summed E-state index contributed by atoms with van der Waals surface area (Å²) in [5.74, 6) is 0.186. The van der Waals surface area contributed by atoms with Crippen molar-refractivity contribution in [3.05, 3.63) is 75.3 Å². The Morgan fingerprint density at radius 1 is 1.23 bits per heavy atom. The molecule has 0 radical (unpaired) electrons. The summed E-state index contributed by atoms with van der Waals surface area (Å²) in [6.07, 6.45) is 1.90. The van der Waals surface area contributed by atoms with E-state index in [0.717, 1.165) is 16.8 Å². The molecule has 2 aromatic rings. The fraction of sp³-hybridized carbons (Fsp3) is 0.125. The number of hydrogen-bond acceptors (Lipinski definition) is 5.